The maximum absolute atomic E-state index is 7.24. The first-order valence-corrected chi connectivity index (χ1v) is 7.65. The molecule has 0 N–H and O–H groups in total. The Hall–Kier alpha value is -2.35. The fraction of sp³-hybridized carbons (Fsp3) is 0.316. The number of likely N-dealkylation sites (N-methyl/N-ethyl adjacent to an activating group) is 1. The minimum atomic E-state index is -0.131. The molecule has 1 heterocycles. The molecule has 1 unspecified atom stereocenters. The van der Waals surface area contributed by atoms with Gasteiger partial charge >= 0.3 is 0 Å². The lowest BCUT2D eigenvalue weighted by atomic mass is 9.95. The zero-order valence-corrected chi connectivity index (χ0v) is 13.5. The number of fused-ring (bicyclic) bond motifs is 1. The number of ether oxygens (including phenoxy) is 2. The molecule has 0 aliphatic carbocycles. The standard InChI is InChI=1S/C19H20N2O2/c1-20-16-7-8-18-15(11-16)13-21(2)9-10-23-19(18)14-5-4-6-17(12-14)22-3/h4-8,11-12,19H,9-10,13H2,2-3H3. The average molecular weight is 308 g/mol. The van der Waals surface area contributed by atoms with Crippen molar-refractivity contribution in [2.24, 2.45) is 0 Å². The number of hydrogen-bond acceptors (Lipinski definition) is 3. The van der Waals surface area contributed by atoms with Crippen LogP contribution < -0.4 is 4.74 Å². The molecule has 0 radical (unpaired) electrons. The SMILES string of the molecule is [C-]#[N+]c1ccc2c(c1)CN(C)CCOC2c1cccc(OC)c1. The molecule has 1 aliphatic heterocycles. The Morgan fingerprint density at radius 3 is 2.91 bits per heavy atom. The fourth-order valence-electron chi connectivity index (χ4n) is 2.92. The molecule has 0 aromatic heterocycles. The lowest BCUT2D eigenvalue weighted by Gasteiger charge is -2.28. The number of rotatable bonds is 2. The molecule has 4 heteroatoms. The van der Waals surface area contributed by atoms with Crippen molar-refractivity contribution in [1.29, 1.82) is 0 Å². The first-order chi connectivity index (χ1) is 11.2. The Labute approximate surface area is 137 Å². The van der Waals surface area contributed by atoms with Gasteiger partial charge in [0.05, 0.1) is 20.3 Å². The highest BCUT2D eigenvalue weighted by Crippen LogP contribution is 2.34. The van der Waals surface area contributed by atoms with Gasteiger partial charge in [0, 0.05) is 13.1 Å². The van der Waals surface area contributed by atoms with Crippen molar-refractivity contribution < 1.29 is 9.47 Å². The van der Waals surface area contributed by atoms with Crippen LogP contribution in [0.5, 0.6) is 5.75 Å². The normalized spacial score (nSPS) is 18.4. The summed E-state index contributed by atoms with van der Waals surface area (Å²) in [6, 6.07) is 13.9. The highest BCUT2D eigenvalue weighted by molar-refractivity contribution is 5.51. The van der Waals surface area contributed by atoms with Crippen LogP contribution in [0.25, 0.3) is 4.85 Å². The zero-order valence-electron chi connectivity index (χ0n) is 13.5. The Morgan fingerprint density at radius 2 is 2.13 bits per heavy atom. The van der Waals surface area contributed by atoms with E-state index in [1.807, 2.05) is 36.4 Å². The molecule has 1 atom stereocenters. The highest BCUT2D eigenvalue weighted by Gasteiger charge is 2.22. The zero-order chi connectivity index (χ0) is 16.2. The van der Waals surface area contributed by atoms with Crippen molar-refractivity contribution in [3.8, 4) is 5.75 Å². The van der Waals surface area contributed by atoms with Gasteiger partial charge in [0.15, 0.2) is 5.69 Å². The summed E-state index contributed by atoms with van der Waals surface area (Å²) in [6.45, 7) is 9.59. The molecule has 0 spiro atoms. The summed E-state index contributed by atoms with van der Waals surface area (Å²) >= 11 is 0. The van der Waals surface area contributed by atoms with Crippen LogP contribution in [-0.4, -0.2) is 32.2 Å². The van der Waals surface area contributed by atoms with Crippen molar-refractivity contribution in [3.63, 3.8) is 0 Å². The Bertz CT molecular complexity index is 736. The van der Waals surface area contributed by atoms with Gasteiger partial charge in [-0.05, 0) is 35.9 Å². The van der Waals surface area contributed by atoms with E-state index in [4.69, 9.17) is 16.0 Å². The second kappa shape index (κ2) is 6.82. The van der Waals surface area contributed by atoms with Crippen LogP contribution in [0.3, 0.4) is 0 Å². The third-order valence-corrected chi connectivity index (χ3v) is 4.13. The van der Waals surface area contributed by atoms with Gasteiger partial charge in [-0.2, -0.15) is 0 Å². The van der Waals surface area contributed by atoms with Gasteiger partial charge in [-0.1, -0.05) is 30.3 Å². The van der Waals surface area contributed by atoms with E-state index in [1.54, 1.807) is 7.11 Å². The monoisotopic (exact) mass is 308 g/mol. The maximum Gasteiger partial charge on any atom is 0.187 e. The molecule has 4 nitrogen and oxygen atoms in total. The first-order valence-electron chi connectivity index (χ1n) is 7.65. The number of hydrogen-bond donors (Lipinski definition) is 0. The van der Waals surface area contributed by atoms with Crippen LogP contribution in [0.2, 0.25) is 0 Å². The number of nitrogens with zero attached hydrogens (tertiary/aromatic N) is 2. The molecule has 0 saturated heterocycles. The molecule has 0 saturated carbocycles. The van der Waals surface area contributed by atoms with Crippen molar-refractivity contribution in [2.45, 2.75) is 12.6 Å². The summed E-state index contributed by atoms with van der Waals surface area (Å²) in [5.74, 6) is 0.824. The number of methoxy groups -OCH3 is 1. The summed E-state index contributed by atoms with van der Waals surface area (Å²) in [6.07, 6.45) is -0.131. The average Bonchev–Trinajstić information content (AvgIpc) is 2.57. The van der Waals surface area contributed by atoms with Crippen molar-refractivity contribution in [3.05, 3.63) is 70.6 Å². The van der Waals surface area contributed by atoms with Crippen LogP contribution in [0, 0.1) is 6.57 Å². The van der Waals surface area contributed by atoms with Crippen LogP contribution in [0.1, 0.15) is 22.8 Å². The van der Waals surface area contributed by atoms with E-state index in [2.05, 4.69) is 22.9 Å². The highest BCUT2D eigenvalue weighted by atomic mass is 16.5. The molecule has 3 rings (SSSR count). The topological polar surface area (TPSA) is 26.1 Å². The Morgan fingerprint density at radius 1 is 1.26 bits per heavy atom. The Kier molecular flexibility index (Phi) is 4.61. The molecule has 1 aliphatic rings. The summed E-state index contributed by atoms with van der Waals surface area (Å²) in [5, 5.41) is 0. The van der Waals surface area contributed by atoms with Crippen LogP contribution in [0.4, 0.5) is 5.69 Å². The quantitative estimate of drug-likeness (QED) is 0.789. The van der Waals surface area contributed by atoms with E-state index in [9.17, 15) is 0 Å². The van der Waals surface area contributed by atoms with Crippen molar-refractivity contribution in [1.82, 2.24) is 4.90 Å². The van der Waals surface area contributed by atoms with E-state index in [0.29, 0.717) is 12.3 Å². The van der Waals surface area contributed by atoms with Gasteiger partial charge in [0.1, 0.15) is 11.9 Å². The van der Waals surface area contributed by atoms with Crippen LogP contribution in [0.15, 0.2) is 42.5 Å². The number of benzene rings is 2. The van der Waals surface area contributed by atoms with Crippen molar-refractivity contribution >= 4 is 5.69 Å². The largest absolute Gasteiger partial charge is 0.497 e. The molecular formula is C19H20N2O2. The smallest absolute Gasteiger partial charge is 0.187 e. The molecular weight excluding hydrogens is 288 g/mol. The molecule has 0 fully saturated rings. The second-order valence-electron chi connectivity index (χ2n) is 5.76. The molecule has 0 amide bonds. The van der Waals surface area contributed by atoms with E-state index in [-0.39, 0.29) is 6.10 Å². The van der Waals surface area contributed by atoms with Gasteiger partial charge in [0.25, 0.3) is 0 Å². The minimum absolute atomic E-state index is 0.131. The molecule has 2 aromatic carbocycles. The molecule has 23 heavy (non-hydrogen) atoms. The molecule has 118 valence electrons. The van der Waals surface area contributed by atoms with Gasteiger partial charge in [-0.25, -0.2) is 4.85 Å². The summed E-state index contributed by atoms with van der Waals surface area (Å²) in [5.41, 5.74) is 4.01. The van der Waals surface area contributed by atoms with Crippen LogP contribution >= 0.6 is 0 Å². The molecule has 0 bridgehead atoms. The second-order valence-corrected chi connectivity index (χ2v) is 5.76. The summed E-state index contributed by atoms with van der Waals surface area (Å²) in [4.78, 5) is 5.77. The molecule has 2 aromatic rings. The lowest BCUT2D eigenvalue weighted by Crippen LogP contribution is -2.27. The summed E-state index contributed by atoms with van der Waals surface area (Å²) < 4.78 is 11.5. The van der Waals surface area contributed by atoms with Gasteiger partial charge in [-0.3, -0.25) is 4.90 Å². The third-order valence-electron chi connectivity index (χ3n) is 4.13. The minimum Gasteiger partial charge on any atom is -0.497 e. The van der Waals surface area contributed by atoms with E-state index < -0.39 is 0 Å². The maximum atomic E-state index is 7.24. The van der Waals surface area contributed by atoms with E-state index in [0.717, 1.165) is 35.5 Å². The van der Waals surface area contributed by atoms with Gasteiger partial charge in [0.2, 0.25) is 0 Å². The van der Waals surface area contributed by atoms with Gasteiger partial charge in [-0.15, -0.1) is 0 Å². The lowest BCUT2D eigenvalue weighted by molar-refractivity contribution is 0.0553. The van der Waals surface area contributed by atoms with Gasteiger partial charge < -0.3 is 9.47 Å². The van der Waals surface area contributed by atoms with Crippen molar-refractivity contribution in [2.75, 3.05) is 27.3 Å². The van der Waals surface area contributed by atoms with E-state index >= 15 is 0 Å². The van der Waals surface area contributed by atoms with E-state index in [1.165, 1.54) is 0 Å². The Balaban J connectivity index is 2.07. The third kappa shape index (κ3) is 3.37. The predicted molar refractivity (Wildman–Crippen MR) is 89.8 cm³/mol. The fourth-order valence-corrected chi connectivity index (χ4v) is 2.92. The van der Waals surface area contributed by atoms with Crippen LogP contribution in [-0.2, 0) is 11.3 Å². The predicted octanol–water partition coefficient (Wildman–Crippen LogP) is 3.80. The first kappa shape index (κ1) is 15.5. The summed E-state index contributed by atoms with van der Waals surface area (Å²) in [7, 11) is 3.74.